The molecule has 1 aromatic carbocycles. The summed E-state index contributed by atoms with van der Waals surface area (Å²) >= 11 is 0. The number of carbonyl (C=O) groups excluding carboxylic acids is 1. The van der Waals surface area contributed by atoms with Gasteiger partial charge in [0, 0.05) is 24.4 Å². The number of amides is 1. The summed E-state index contributed by atoms with van der Waals surface area (Å²) in [4.78, 5) is 12.2. The summed E-state index contributed by atoms with van der Waals surface area (Å²) in [5.74, 6) is 0.00506. The van der Waals surface area contributed by atoms with Crippen molar-refractivity contribution < 1.29 is 9.90 Å². The van der Waals surface area contributed by atoms with Crippen molar-refractivity contribution in [3.63, 3.8) is 0 Å². The minimum atomic E-state index is -0.0851. The van der Waals surface area contributed by atoms with Gasteiger partial charge in [-0.2, -0.15) is 0 Å². The van der Waals surface area contributed by atoms with Gasteiger partial charge in [0.15, 0.2) is 0 Å². The fraction of sp³-hybridized carbons (Fsp3) is 0.471. The Morgan fingerprint density at radius 2 is 2.05 bits per heavy atom. The molecule has 0 fully saturated rings. The lowest BCUT2D eigenvalue weighted by Crippen LogP contribution is -2.36. The van der Waals surface area contributed by atoms with Gasteiger partial charge in [-0.1, -0.05) is 32.0 Å². The maximum absolute atomic E-state index is 12.2. The lowest BCUT2D eigenvalue weighted by Gasteiger charge is -2.24. The smallest absolute Gasteiger partial charge is 0.239 e. The Morgan fingerprint density at radius 1 is 1.33 bits per heavy atom. The molecule has 2 rings (SSSR count). The van der Waals surface area contributed by atoms with Crippen LogP contribution in [0.25, 0.3) is 10.9 Å². The Bertz CT molecular complexity index is 629. The van der Waals surface area contributed by atoms with Crippen molar-refractivity contribution in [1.82, 2.24) is 9.88 Å². The third-order valence-electron chi connectivity index (χ3n) is 3.87. The van der Waals surface area contributed by atoms with E-state index in [-0.39, 0.29) is 17.9 Å². The van der Waals surface area contributed by atoms with Gasteiger partial charge in [0.1, 0.15) is 6.54 Å². The average molecular weight is 288 g/mol. The fourth-order valence-electron chi connectivity index (χ4n) is 2.49. The van der Waals surface area contributed by atoms with E-state index < -0.39 is 0 Å². The van der Waals surface area contributed by atoms with E-state index in [1.165, 1.54) is 0 Å². The molecule has 2 N–H and O–H groups in total. The maximum atomic E-state index is 12.2. The summed E-state index contributed by atoms with van der Waals surface area (Å²) in [5, 5.41) is 13.1. The van der Waals surface area contributed by atoms with E-state index in [9.17, 15) is 4.79 Å². The normalized spacial score (nSPS) is 11.8. The van der Waals surface area contributed by atoms with Gasteiger partial charge in [0.25, 0.3) is 0 Å². The molecule has 4 nitrogen and oxygen atoms in total. The lowest BCUT2D eigenvalue weighted by molar-refractivity contribution is -0.122. The van der Waals surface area contributed by atoms with Crippen LogP contribution in [0.2, 0.25) is 0 Å². The van der Waals surface area contributed by atoms with Gasteiger partial charge >= 0.3 is 0 Å². The number of aryl methyl sites for hydroxylation is 1. The van der Waals surface area contributed by atoms with Gasteiger partial charge in [0.2, 0.25) is 5.91 Å². The SMILES string of the molecule is Cc1cc2ccccc2n1CC(=O)NCC(C)(C)CCO. The second-order valence-corrected chi connectivity index (χ2v) is 6.35. The maximum Gasteiger partial charge on any atom is 0.239 e. The summed E-state index contributed by atoms with van der Waals surface area (Å²) in [6.45, 7) is 7.14. The Hall–Kier alpha value is -1.81. The van der Waals surface area contributed by atoms with Crippen LogP contribution in [-0.4, -0.2) is 28.7 Å². The standard InChI is InChI=1S/C17H24N2O2/c1-13-10-14-6-4-5-7-15(14)19(13)11-16(21)18-12-17(2,3)8-9-20/h4-7,10,20H,8-9,11-12H2,1-3H3,(H,18,21). The summed E-state index contributed by atoms with van der Waals surface area (Å²) in [5.41, 5.74) is 2.08. The van der Waals surface area contributed by atoms with Crippen LogP contribution in [0.15, 0.2) is 30.3 Å². The zero-order chi connectivity index (χ0) is 15.5. The van der Waals surface area contributed by atoms with Crippen molar-refractivity contribution in [1.29, 1.82) is 0 Å². The topological polar surface area (TPSA) is 54.3 Å². The molecule has 0 aliphatic heterocycles. The third-order valence-corrected chi connectivity index (χ3v) is 3.87. The lowest BCUT2D eigenvalue weighted by atomic mass is 9.90. The van der Waals surface area contributed by atoms with Crippen molar-refractivity contribution in [3.05, 3.63) is 36.0 Å². The van der Waals surface area contributed by atoms with Gasteiger partial charge in [-0.05, 0) is 36.3 Å². The number of aromatic nitrogens is 1. The van der Waals surface area contributed by atoms with Gasteiger partial charge in [-0.15, -0.1) is 0 Å². The van der Waals surface area contributed by atoms with Crippen LogP contribution in [0.5, 0.6) is 0 Å². The van der Waals surface area contributed by atoms with Crippen LogP contribution in [-0.2, 0) is 11.3 Å². The highest BCUT2D eigenvalue weighted by atomic mass is 16.3. The van der Waals surface area contributed by atoms with Crippen LogP contribution in [0.4, 0.5) is 0 Å². The second-order valence-electron chi connectivity index (χ2n) is 6.35. The number of nitrogens with zero attached hydrogens (tertiary/aromatic N) is 1. The molecule has 0 unspecified atom stereocenters. The predicted molar refractivity (Wildman–Crippen MR) is 85.2 cm³/mol. The molecule has 0 radical (unpaired) electrons. The summed E-state index contributed by atoms with van der Waals surface area (Å²) in [6.07, 6.45) is 0.679. The minimum absolute atomic E-state index is 0.00506. The second kappa shape index (κ2) is 6.31. The number of fused-ring (bicyclic) bond motifs is 1. The van der Waals surface area contributed by atoms with Gasteiger partial charge < -0.3 is 15.0 Å². The van der Waals surface area contributed by atoms with E-state index >= 15 is 0 Å². The quantitative estimate of drug-likeness (QED) is 0.858. The molecular weight excluding hydrogens is 264 g/mol. The highest BCUT2D eigenvalue weighted by Crippen LogP contribution is 2.20. The molecule has 0 saturated heterocycles. The molecule has 2 aromatic rings. The summed E-state index contributed by atoms with van der Waals surface area (Å²) in [7, 11) is 0. The van der Waals surface area contributed by atoms with Gasteiger partial charge in [-0.3, -0.25) is 4.79 Å². The molecule has 0 aliphatic rings. The molecule has 1 aromatic heterocycles. The number of aliphatic hydroxyl groups excluding tert-OH is 1. The molecule has 0 atom stereocenters. The minimum Gasteiger partial charge on any atom is -0.396 e. The number of rotatable bonds is 6. The first-order valence-corrected chi connectivity index (χ1v) is 7.35. The van der Waals surface area contributed by atoms with E-state index in [2.05, 4.69) is 17.4 Å². The van der Waals surface area contributed by atoms with Crippen LogP contribution < -0.4 is 5.32 Å². The molecular formula is C17H24N2O2. The average Bonchev–Trinajstić information content (AvgIpc) is 2.73. The monoisotopic (exact) mass is 288 g/mol. The Morgan fingerprint density at radius 3 is 2.76 bits per heavy atom. The zero-order valence-electron chi connectivity index (χ0n) is 13.0. The van der Waals surface area contributed by atoms with Gasteiger partial charge in [0.05, 0.1) is 0 Å². The third kappa shape index (κ3) is 3.85. The number of aliphatic hydroxyl groups is 1. The number of hydrogen-bond donors (Lipinski definition) is 2. The van der Waals surface area contributed by atoms with Crippen molar-refractivity contribution >= 4 is 16.8 Å². The number of hydrogen-bond acceptors (Lipinski definition) is 2. The molecule has 0 spiro atoms. The first-order valence-electron chi connectivity index (χ1n) is 7.35. The van der Waals surface area contributed by atoms with Gasteiger partial charge in [-0.25, -0.2) is 0 Å². The molecule has 1 heterocycles. The molecule has 0 aliphatic carbocycles. The van der Waals surface area contributed by atoms with Crippen LogP contribution in [0, 0.1) is 12.3 Å². The predicted octanol–water partition coefficient (Wildman–Crippen LogP) is 2.47. The van der Waals surface area contributed by atoms with E-state index in [1.807, 2.05) is 43.5 Å². The van der Waals surface area contributed by atoms with E-state index in [1.54, 1.807) is 0 Å². The highest BCUT2D eigenvalue weighted by Gasteiger charge is 2.18. The van der Waals surface area contributed by atoms with E-state index in [4.69, 9.17) is 5.11 Å². The number of para-hydroxylation sites is 1. The number of nitrogens with one attached hydrogen (secondary N) is 1. The van der Waals surface area contributed by atoms with Crippen molar-refractivity contribution in [3.8, 4) is 0 Å². The Kier molecular flexibility index (Phi) is 4.68. The van der Waals surface area contributed by atoms with Crippen molar-refractivity contribution in [2.75, 3.05) is 13.2 Å². The van der Waals surface area contributed by atoms with Crippen LogP contribution >= 0.6 is 0 Å². The van der Waals surface area contributed by atoms with Crippen molar-refractivity contribution in [2.24, 2.45) is 5.41 Å². The number of benzene rings is 1. The zero-order valence-corrected chi connectivity index (χ0v) is 13.0. The van der Waals surface area contributed by atoms with Crippen molar-refractivity contribution in [2.45, 2.75) is 33.7 Å². The Labute approximate surface area is 125 Å². The van der Waals surface area contributed by atoms with Crippen LogP contribution in [0.1, 0.15) is 26.0 Å². The van der Waals surface area contributed by atoms with E-state index in [0.29, 0.717) is 19.5 Å². The fourth-order valence-corrected chi connectivity index (χ4v) is 2.49. The first-order chi connectivity index (χ1) is 9.93. The number of carbonyl (C=O) groups is 1. The molecule has 0 saturated carbocycles. The largest absolute Gasteiger partial charge is 0.396 e. The Balaban J connectivity index is 2.03. The summed E-state index contributed by atoms with van der Waals surface area (Å²) < 4.78 is 2.03. The first kappa shape index (κ1) is 15.6. The summed E-state index contributed by atoms with van der Waals surface area (Å²) in [6, 6.07) is 10.2. The molecule has 114 valence electrons. The van der Waals surface area contributed by atoms with Crippen LogP contribution in [0.3, 0.4) is 0 Å². The molecule has 4 heteroatoms. The molecule has 1 amide bonds. The highest BCUT2D eigenvalue weighted by molar-refractivity contribution is 5.84. The van der Waals surface area contributed by atoms with E-state index in [0.717, 1.165) is 16.6 Å². The molecule has 21 heavy (non-hydrogen) atoms. The molecule has 0 bridgehead atoms.